The Morgan fingerprint density at radius 2 is 1.71 bits per heavy atom. The first kappa shape index (κ1) is 39.0. The first-order chi connectivity index (χ1) is 25.4. The zero-order chi connectivity index (χ0) is 36.7. The van der Waals surface area contributed by atoms with Crippen LogP contribution in [-0.4, -0.2) is 65.2 Å². The van der Waals surface area contributed by atoms with Crippen LogP contribution in [0, 0.1) is 11.8 Å². The highest BCUT2D eigenvalue weighted by molar-refractivity contribution is 5.84. The lowest BCUT2D eigenvalue weighted by Crippen LogP contribution is -2.48. The molecule has 11 nitrogen and oxygen atoms in total. The summed E-state index contributed by atoms with van der Waals surface area (Å²) in [4.78, 5) is 41.7. The summed E-state index contributed by atoms with van der Waals surface area (Å²) in [6, 6.07) is 7.17. The van der Waals surface area contributed by atoms with Gasteiger partial charge in [-0.15, -0.1) is 10.2 Å². The van der Waals surface area contributed by atoms with Crippen molar-refractivity contribution in [2.75, 3.05) is 6.54 Å². The van der Waals surface area contributed by atoms with Crippen LogP contribution in [0.1, 0.15) is 127 Å². The van der Waals surface area contributed by atoms with Crippen LogP contribution >= 0.6 is 0 Å². The molecule has 1 saturated carbocycles. The SMILES string of the molecule is CCCCNC(=O)[C@H](CCCC)C[C@H](O)[C@H](CC1CCCCC1)NC(=O)C(Cc1cccnc1)c1nnc2c(CCC)nc(-c3cccnc3)cn12. The molecule has 0 aromatic carbocycles. The first-order valence-electron chi connectivity index (χ1n) is 19.7. The second kappa shape index (κ2) is 20.1. The van der Waals surface area contributed by atoms with Gasteiger partial charge in [0, 0.05) is 49.0 Å². The Labute approximate surface area is 308 Å². The zero-order valence-electron chi connectivity index (χ0n) is 31.3. The fraction of sp³-hybridized carbons (Fsp3) is 0.585. The number of nitrogens with one attached hydrogen (secondary N) is 2. The van der Waals surface area contributed by atoms with E-state index in [4.69, 9.17) is 4.98 Å². The molecular formula is C41H58N8O3. The van der Waals surface area contributed by atoms with Gasteiger partial charge in [-0.3, -0.25) is 24.0 Å². The van der Waals surface area contributed by atoms with E-state index in [2.05, 4.69) is 51.6 Å². The third-order valence-corrected chi connectivity index (χ3v) is 10.5. The third kappa shape index (κ3) is 10.6. The normalized spacial score (nSPS) is 15.9. The van der Waals surface area contributed by atoms with Gasteiger partial charge in [-0.2, -0.15) is 0 Å². The van der Waals surface area contributed by atoms with E-state index in [1.807, 2.05) is 34.9 Å². The number of unbranched alkanes of at least 4 members (excludes halogenated alkanes) is 2. The average molecular weight is 711 g/mol. The van der Waals surface area contributed by atoms with Crippen molar-refractivity contribution in [2.24, 2.45) is 11.8 Å². The van der Waals surface area contributed by atoms with Gasteiger partial charge >= 0.3 is 0 Å². The standard InChI is InChI=1S/C41H58N8O3/c1-4-7-18-31(40(51)44-22-8-5-2)25-37(50)35(24-29-15-10-9-11-16-29)46-41(52)33(23-30-17-12-20-42-26-30)38-47-48-39-34(14-6-3)45-36(28-49(38)39)32-19-13-21-43-27-32/h12-13,17,19-21,26-29,31,33,35,37,50H,4-11,14-16,18,22-25H2,1-3H3,(H,44,51)(H,46,52)/t31-,33?,35+,37+/m1/s1. The lowest BCUT2D eigenvalue weighted by molar-refractivity contribution is -0.126. The number of nitrogens with zero attached hydrogens (tertiary/aromatic N) is 6. The Hall–Kier alpha value is -4.25. The maximum atomic E-state index is 14.7. The van der Waals surface area contributed by atoms with E-state index in [1.54, 1.807) is 24.8 Å². The molecule has 4 aromatic heterocycles. The third-order valence-electron chi connectivity index (χ3n) is 10.5. The number of carbonyl (C=O) groups excluding carboxylic acids is 2. The number of aliphatic hydroxyl groups excluding tert-OH is 1. The fourth-order valence-corrected chi connectivity index (χ4v) is 7.50. The van der Waals surface area contributed by atoms with E-state index >= 15 is 0 Å². The molecule has 1 fully saturated rings. The minimum absolute atomic E-state index is 0.00556. The van der Waals surface area contributed by atoms with Crippen molar-refractivity contribution in [1.29, 1.82) is 0 Å². The first-order valence-corrected chi connectivity index (χ1v) is 19.7. The molecule has 3 N–H and O–H groups in total. The topological polar surface area (TPSA) is 147 Å². The average Bonchev–Trinajstić information content (AvgIpc) is 3.60. The molecule has 0 bridgehead atoms. The summed E-state index contributed by atoms with van der Waals surface area (Å²) in [5.74, 6) is -0.382. The van der Waals surface area contributed by atoms with Gasteiger partial charge in [0.1, 0.15) is 11.7 Å². The van der Waals surface area contributed by atoms with Crippen LogP contribution in [0.15, 0.2) is 55.2 Å². The Morgan fingerprint density at radius 3 is 2.40 bits per heavy atom. The summed E-state index contributed by atoms with van der Waals surface area (Å²) < 4.78 is 1.91. The minimum atomic E-state index is -0.878. The quantitative estimate of drug-likeness (QED) is 0.0850. The van der Waals surface area contributed by atoms with E-state index in [9.17, 15) is 14.7 Å². The molecule has 4 heterocycles. The van der Waals surface area contributed by atoms with Crippen LogP contribution in [0.4, 0.5) is 0 Å². The van der Waals surface area contributed by atoms with Gasteiger partial charge in [0.25, 0.3) is 0 Å². The molecule has 1 unspecified atom stereocenters. The highest BCUT2D eigenvalue weighted by Crippen LogP contribution is 2.31. The van der Waals surface area contributed by atoms with Crippen molar-refractivity contribution in [3.05, 3.63) is 72.3 Å². The number of pyridine rings is 2. The monoisotopic (exact) mass is 710 g/mol. The molecule has 0 radical (unpaired) electrons. The molecule has 280 valence electrons. The van der Waals surface area contributed by atoms with Gasteiger partial charge in [0.2, 0.25) is 11.8 Å². The van der Waals surface area contributed by atoms with E-state index in [1.165, 1.54) is 6.42 Å². The molecular weight excluding hydrogens is 653 g/mol. The number of aromatic nitrogens is 6. The van der Waals surface area contributed by atoms with E-state index < -0.39 is 18.1 Å². The smallest absolute Gasteiger partial charge is 0.231 e. The summed E-state index contributed by atoms with van der Waals surface area (Å²) in [5.41, 5.74) is 3.92. The number of aryl methyl sites for hydroxylation is 1. The highest BCUT2D eigenvalue weighted by atomic mass is 16.3. The molecule has 52 heavy (non-hydrogen) atoms. The van der Waals surface area contributed by atoms with E-state index in [-0.39, 0.29) is 17.7 Å². The maximum Gasteiger partial charge on any atom is 0.231 e. The molecule has 1 aliphatic carbocycles. The van der Waals surface area contributed by atoms with Crippen LogP contribution in [0.2, 0.25) is 0 Å². The molecule has 4 aromatic rings. The minimum Gasteiger partial charge on any atom is -0.391 e. The van der Waals surface area contributed by atoms with E-state index in [0.717, 1.165) is 80.3 Å². The van der Waals surface area contributed by atoms with Crippen LogP contribution in [-0.2, 0) is 22.4 Å². The zero-order valence-corrected chi connectivity index (χ0v) is 31.3. The Morgan fingerprint density at radius 1 is 0.942 bits per heavy atom. The number of rotatable bonds is 20. The van der Waals surface area contributed by atoms with Gasteiger partial charge in [-0.05, 0) is 68.2 Å². The van der Waals surface area contributed by atoms with E-state index in [0.29, 0.717) is 56.0 Å². The number of amides is 2. The summed E-state index contributed by atoms with van der Waals surface area (Å²) in [6.45, 7) is 6.96. The highest BCUT2D eigenvalue weighted by Gasteiger charge is 2.34. The number of carbonyl (C=O) groups is 2. The van der Waals surface area contributed by atoms with Crippen LogP contribution in [0.3, 0.4) is 0 Å². The lowest BCUT2D eigenvalue weighted by atomic mass is 9.81. The predicted octanol–water partition coefficient (Wildman–Crippen LogP) is 6.79. The second-order valence-corrected chi connectivity index (χ2v) is 14.6. The summed E-state index contributed by atoms with van der Waals surface area (Å²) in [5, 5.41) is 27.6. The van der Waals surface area contributed by atoms with Crippen LogP contribution in [0.25, 0.3) is 16.9 Å². The van der Waals surface area contributed by atoms with Crippen molar-refractivity contribution in [3.8, 4) is 11.3 Å². The van der Waals surface area contributed by atoms with Gasteiger partial charge in [0.15, 0.2) is 5.65 Å². The van der Waals surface area contributed by atoms with Crippen molar-refractivity contribution in [2.45, 2.75) is 135 Å². The summed E-state index contributed by atoms with van der Waals surface area (Å²) in [6.07, 6.45) is 21.1. The molecule has 5 rings (SSSR count). The number of hydrogen-bond acceptors (Lipinski definition) is 8. The van der Waals surface area contributed by atoms with Crippen LogP contribution < -0.4 is 10.6 Å². The summed E-state index contributed by atoms with van der Waals surface area (Å²) >= 11 is 0. The predicted molar refractivity (Wildman–Crippen MR) is 203 cm³/mol. The second-order valence-electron chi connectivity index (χ2n) is 14.6. The largest absolute Gasteiger partial charge is 0.391 e. The summed E-state index contributed by atoms with van der Waals surface area (Å²) in [7, 11) is 0. The van der Waals surface area contributed by atoms with Gasteiger partial charge < -0.3 is 15.7 Å². The molecule has 0 saturated heterocycles. The van der Waals surface area contributed by atoms with Crippen LogP contribution in [0.5, 0.6) is 0 Å². The fourth-order valence-electron chi connectivity index (χ4n) is 7.50. The maximum absolute atomic E-state index is 14.7. The number of aliphatic hydroxyl groups is 1. The van der Waals surface area contributed by atoms with Gasteiger partial charge in [0.05, 0.1) is 23.5 Å². The van der Waals surface area contributed by atoms with Gasteiger partial charge in [-0.25, -0.2) is 4.98 Å². The molecule has 11 heteroatoms. The molecule has 4 atom stereocenters. The van der Waals surface area contributed by atoms with Gasteiger partial charge in [-0.1, -0.05) is 84.6 Å². The Balaban J connectivity index is 1.49. The Bertz CT molecular complexity index is 1680. The number of fused-ring (bicyclic) bond motifs is 1. The lowest BCUT2D eigenvalue weighted by Gasteiger charge is -2.32. The molecule has 0 aliphatic heterocycles. The molecule has 1 aliphatic rings. The van der Waals surface area contributed by atoms with Crippen molar-refractivity contribution < 1.29 is 14.7 Å². The molecule has 2 amide bonds. The Kier molecular flexibility index (Phi) is 15.1. The van der Waals surface area contributed by atoms with Crippen molar-refractivity contribution in [1.82, 2.24) is 40.2 Å². The van der Waals surface area contributed by atoms with Crippen molar-refractivity contribution >= 4 is 17.5 Å². The van der Waals surface area contributed by atoms with Crippen molar-refractivity contribution in [3.63, 3.8) is 0 Å². The number of hydrogen-bond donors (Lipinski definition) is 3. The molecule has 0 spiro atoms.